The summed E-state index contributed by atoms with van der Waals surface area (Å²) in [5, 5.41) is 12.9. The normalized spacial score (nSPS) is 11.3. The predicted octanol–water partition coefficient (Wildman–Crippen LogP) is 2.02. The van der Waals surface area contributed by atoms with Gasteiger partial charge in [-0.3, -0.25) is 14.3 Å². The van der Waals surface area contributed by atoms with E-state index >= 15 is 0 Å². The Morgan fingerprint density at radius 1 is 1.20 bits per heavy atom. The van der Waals surface area contributed by atoms with Crippen LogP contribution in [0.25, 0.3) is 0 Å². The highest BCUT2D eigenvalue weighted by atomic mass is 32.2. The first-order chi connectivity index (χ1) is 16.8. The summed E-state index contributed by atoms with van der Waals surface area (Å²) < 4.78 is 32.6. The van der Waals surface area contributed by atoms with Gasteiger partial charge < -0.3 is 20.5 Å². The molecule has 0 aliphatic rings. The molecule has 1 aromatic carbocycles. The van der Waals surface area contributed by atoms with Gasteiger partial charge in [0.05, 0.1) is 16.4 Å². The van der Waals surface area contributed by atoms with Crippen LogP contribution in [0, 0.1) is 0 Å². The van der Waals surface area contributed by atoms with Crippen LogP contribution in [0.1, 0.15) is 5.89 Å². The number of aromatic amines is 1. The summed E-state index contributed by atoms with van der Waals surface area (Å²) in [6.07, 6.45) is 1.50. The monoisotopic (exact) mass is 552 g/mol. The fourth-order valence-corrected chi connectivity index (χ4v) is 5.58. The van der Waals surface area contributed by atoms with Crippen LogP contribution >= 0.6 is 34.9 Å². The molecule has 5 N–H and O–H groups in total. The number of carbonyl (C=O) groups is 1. The highest BCUT2D eigenvalue weighted by Crippen LogP contribution is 2.23. The predicted molar refractivity (Wildman–Crippen MR) is 132 cm³/mol. The number of aromatic nitrogens is 5. The van der Waals surface area contributed by atoms with Crippen LogP contribution < -0.4 is 21.3 Å². The average molecular weight is 553 g/mol. The minimum atomic E-state index is -3.78. The minimum absolute atomic E-state index is 0.00940. The number of carbonyl (C=O) groups excluding carboxylic acids is 1. The van der Waals surface area contributed by atoms with E-state index in [0.717, 1.165) is 34.9 Å². The first kappa shape index (κ1) is 24.7. The van der Waals surface area contributed by atoms with Crippen molar-refractivity contribution in [3.05, 3.63) is 58.2 Å². The van der Waals surface area contributed by atoms with Crippen LogP contribution in [-0.4, -0.2) is 45.2 Å². The largest absolute Gasteiger partial charge is 0.415 e. The van der Waals surface area contributed by atoms with Crippen molar-refractivity contribution < 1.29 is 17.6 Å². The zero-order valence-electron chi connectivity index (χ0n) is 17.5. The van der Waals surface area contributed by atoms with Gasteiger partial charge in [0.2, 0.25) is 11.8 Å². The van der Waals surface area contributed by atoms with Crippen LogP contribution in [0.4, 0.5) is 16.6 Å². The highest BCUT2D eigenvalue weighted by Gasteiger charge is 2.16. The van der Waals surface area contributed by atoms with Crippen LogP contribution in [-0.2, 0) is 20.6 Å². The number of nitrogens with two attached hydrogens (primary N) is 1. The molecule has 3 aromatic heterocycles. The Kier molecular flexibility index (Phi) is 7.69. The number of hydrogen-bond acceptors (Lipinski definition) is 13. The van der Waals surface area contributed by atoms with E-state index in [1.807, 2.05) is 0 Å². The highest BCUT2D eigenvalue weighted by molar-refractivity contribution is 7.99. The number of rotatable bonds is 10. The number of sulfonamides is 1. The second-order valence-corrected chi connectivity index (χ2v) is 11.0. The quantitative estimate of drug-likeness (QED) is 0.165. The molecule has 0 fully saturated rings. The SMILES string of the molecule is Nc1cc(=O)[nH]c(SCc2nnc(SCC(=O)Nc3ccc(S(=O)(=O)Nc4nccs4)cc3)o2)n1. The van der Waals surface area contributed by atoms with E-state index in [4.69, 9.17) is 10.2 Å². The Morgan fingerprint density at radius 3 is 2.71 bits per heavy atom. The molecule has 0 aliphatic heterocycles. The van der Waals surface area contributed by atoms with Gasteiger partial charge in [-0.25, -0.2) is 18.4 Å². The van der Waals surface area contributed by atoms with Gasteiger partial charge in [0, 0.05) is 23.3 Å². The lowest BCUT2D eigenvalue weighted by Crippen LogP contribution is -2.15. The van der Waals surface area contributed by atoms with Crippen LogP contribution in [0.2, 0.25) is 0 Å². The number of nitrogens with one attached hydrogen (secondary N) is 3. The number of benzene rings is 1. The van der Waals surface area contributed by atoms with Crippen molar-refractivity contribution in [2.45, 2.75) is 21.0 Å². The molecule has 0 bridgehead atoms. The average Bonchev–Trinajstić information content (AvgIpc) is 3.48. The molecule has 4 aromatic rings. The molecule has 0 unspecified atom stereocenters. The first-order valence-corrected chi connectivity index (χ1v) is 13.9. The first-order valence-electron chi connectivity index (χ1n) is 9.54. The van der Waals surface area contributed by atoms with E-state index < -0.39 is 10.0 Å². The van der Waals surface area contributed by atoms with Crippen molar-refractivity contribution >= 4 is 67.4 Å². The molecule has 35 heavy (non-hydrogen) atoms. The lowest BCUT2D eigenvalue weighted by Gasteiger charge is -2.07. The summed E-state index contributed by atoms with van der Waals surface area (Å²) in [7, 11) is -3.78. The molecule has 0 radical (unpaired) electrons. The molecular formula is C18H16N8O5S4. The van der Waals surface area contributed by atoms with Gasteiger partial charge in [0.15, 0.2) is 10.3 Å². The van der Waals surface area contributed by atoms with Gasteiger partial charge >= 0.3 is 0 Å². The summed E-state index contributed by atoms with van der Waals surface area (Å²) >= 11 is 3.37. The fraction of sp³-hybridized carbons (Fsp3) is 0.111. The van der Waals surface area contributed by atoms with Gasteiger partial charge in [0.1, 0.15) is 5.82 Å². The maximum Gasteiger partial charge on any atom is 0.277 e. The van der Waals surface area contributed by atoms with Crippen LogP contribution in [0.5, 0.6) is 0 Å². The Balaban J connectivity index is 1.25. The van der Waals surface area contributed by atoms with Crippen molar-refractivity contribution in [2.24, 2.45) is 0 Å². The number of nitrogens with zero attached hydrogens (tertiary/aromatic N) is 4. The zero-order valence-corrected chi connectivity index (χ0v) is 20.8. The summed E-state index contributed by atoms with van der Waals surface area (Å²) in [6.45, 7) is 0. The minimum Gasteiger partial charge on any atom is -0.415 e. The molecule has 0 saturated heterocycles. The van der Waals surface area contributed by atoms with E-state index in [9.17, 15) is 18.0 Å². The molecule has 0 atom stereocenters. The van der Waals surface area contributed by atoms with E-state index in [0.29, 0.717) is 10.8 Å². The van der Waals surface area contributed by atoms with E-state index in [1.54, 1.807) is 5.38 Å². The maximum atomic E-state index is 12.4. The molecule has 182 valence electrons. The topological polar surface area (TPSA) is 199 Å². The maximum absolute atomic E-state index is 12.4. The lowest BCUT2D eigenvalue weighted by molar-refractivity contribution is -0.113. The molecule has 17 heteroatoms. The number of amides is 1. The molecule has 3 heterocycles. The number of H-pyrrole nitrogens is 1. The van der Waals surface area contributed by atoms with Crippen molar-refractivity contribution in [1.29, 1.82) is 0 Å². The lowest BCUT2D eigenvalue weighted by atomic mass is 10.3. The van der Waals surface area contributed by atoms with Gasteiger partial charge in [-0.05, 0) is 24.3 Å². The zero-order chi connectivity index (χ0) is 24.8. The molecule has 0 aliphatic carbocycles. The molecule has 1 amide bonds. The fourth-order valence-electron chi connectivity index (χ4n) is 2.50. The van der Waals surface area contributed by atoms with Crippen LogP contribution in [0.3, 0.4) is 0 Å². The Labute approximate surface area is 210 Å². The van der Waals surface area contributed by atoms with E-state index in [2.05, 4.69) is 35.2 Å². The summed E-state index contributed by atoms with van der Waals surface area (Å²) in [6, 6.07) is 6.89. The third kappa shape index (κ3) is 7.04. The Hall–Kier alpha value is -3.41. The number of nitrogen functional groups attached to an aromatic ring is 1. The van der Waals surface area contributed by atoms with Gasteiger partial charge in [-0.2, -0.15) is 0 Å². The van der Waals surface area contributed by atoms with Crippen molar-refractivity contribution in [2.75, 3.05) is 21.5 Å². The Bertz CT molecular complexity index is 1470. The summed E-state index contributed by atoms with van der Waals surface area (Å²) in [5.74, 6) is 0.282. The Morgan fingerprint density at radius 2 is 2.00 bits per heavy atom. The number of anilines is 3. The van der Waals surface area contributed by atoms with Crippen molar-refractivity contribution in [3.63, 3.8) is 0 Å². The van der Waals surface area contributed by atoms with Crippen molar-refractivity contribution in [1.82, 2.24) is 25.1 Å². The number of thiazole rings is 1. The third-order valence-corrected chi connectivity index (χ3v) is 7.80. The number of thioether (sulfide) groups is 2. The van der Waals surface area contributed by atoms with Crippen molar-refractivity contribution in [3.8, 4) is 0 Å². The summed E-state index contributed by atoms with van der Waals surface area (Å²) in [5.41, 5.74) is 5.60. The molecule has 0 spiro atoms. The van der Waals surface area contributed by atoms with E-state index in [-0.39, 0.29) is 49.9 Å². The second kappa shape index (κ2) is 10.9. The standard InChI is InChI=1S/C18H16N8O5S4/c19-12-7-13(27)23-17(22-12)33-9-15-24-25-18(31-15)34-8-14(28)21-10-1-3-11(4-2-10)35(29,30)26-16-20-5-6-32-16/h1-7H,8-9H2,(H,20,26)(H,21,28)(H3,19,22,23,27). The summed E-state index contributed by atoms with van der Waals surface area (Å²) in [4.78, 5) is 34.1. The van der Waals surface area contributed by atoms with Gasteiger partial charge in [0.25, 0.3) is 20.8 Å². The van der Waals surface area contributed by atoms with E-state index in [1.165, 1.54) is 36.5 Å². The van der Waals surface area contributed by atoms with Crippen LogP contribution in [0.15, 0.2) is 66.4 Å². The third-order valence-electron chi connectivity index (χ3n) is 3.95. The van der Waals surface area contributed by atoms with Gasteiger partial charge in [-0.15, -0.1) is 21.5 Å². The smallest absolute Gasteiger partial charge is 0.277 e. The molecular weight excluding hydrogens is 537 g/mol. The van der Waals surface area contributed by atoms with Gasteiger partial charge in [-0.1, -0.05) is 23.5 Å². The molecule has 4 rings (SSSR count). The number of hydrogen-bond donors (Lipinski definition) is 4. The molecule has 0 saturated carbocycles. The molecule has 13 nitrogen and oxygen atoms in total. The second-order valence-electron chi connectivity index (χ2n) is 6.53.